The topological polar surface area (TPSA) is 72.5 Å². The SMILES string of the molecule is CCn1cc(CN2C(=O)/C(=C\c3ccc(COc4ccc5c(c4)CCC5)o3)NC2=S)cn1. The van der Waals surface area contributed by atoms with E-state index in [1.165, 1.54) is 22.4 Å². The monoisotopic (exact) mass is 448 g/mol. The van der Waals surface area contributed by atoms with Crippen LogP contribution in [0.1, 0.15) is 41.6 Å². The second-order valence-corrected chi connectivity index (χ2v) is 8.35. The highest BCUT2D eigenvalue weighted by Crippen LogP contribution is 2.27. The molecule has 1 aliphatic carbocycles. The van der Waals surface area contributed by atoms with Crippen LogP contribution < -0.4 is 10.1 Å². The van der Waals surface area contributed by atoms with Crippen LogP contribution in [-0.2, 0) is 37.3 Å². The molecule has 0 unspecified atom stereocenters. The van der Waals surface area contributed by atoms with Crippen molar-refractivity contribution in [3.05, 3.63) is 76.6 Å². The van der Waals surface area contributed by atoms with E-state index in [9.17, 15) is 4.79 Å². The van der Waals surface area contributed by atoms with Gasteiger partial charge in [0.25, 0.3) is 5.91 Å². The van der Waals surface area contributed by atoms with Gasteiger partial charge in [-0.2, -0.15) is 5.10 Å². The van der Waals surface area contributed by atoms with Gasteiger partial charge in [0.15, 0.2) is 5.11 Å². The Hall–Kier alpha value is -3.39. The Morgan fingerprint density at radius 2 is 2.12 bits per heavy atom. The Labute approximate surface area is 191 Å². The van der Waals surface area contributed by atoms with E-state index in [0.717, 1.165) is 30.7 Å². The molecule has 3 aromatic rings. The number of thiocarbonyl (C=S) groups is 1. The van der Waals surface area contributed by atoms with Gasteiger partial charge >= 0.3 is 0 Å². The number of hydrogen-bond donors (Lipinski definition) is 1. The van der Waals surface area contributed by atoms with Gasteiger partial charge in [-0.05, 0) is 73.8 Å². The van der Waals surface area contributed by atoms with E-state index in [2.05, 4.69) is 22.5 Å². The summed E-state index contributed by atoms with van der Waals surface area (Å²) in [4.78, 5) is 14.4. The highest BCUT2D eigenvalue weighted by atomic mass is 32.1. The molecule has 1 fully saturated rings. The number of carbonyl (C=O) groups excluding carboxylic acids is 1. The second kappa shape index (κ2) is 8.63. The molecule has 0 atom stereocenters. The van der Waals surface area contributed by atoms with E-state index in [1.807, 2.05) is 36.0 Å². The molecule has 1 aliphatic heterocycles. The highest BCUT2D eigenvalue weighted by molar-refractivity contribution is 7.80. The summed E-state index contributed by atoms with van der Waals surface area (Å²) in [6.45, 7) is 3.49. The van der Waals surface area contributed by atoms with Crippen LogP contribution in [0.4, 0.5) is 0 Å². The zero-order chi connectivity index (χ0) is 22.1. The number of furan rings is 1. The first-order valence-corrected chi connectivity index (χ1v) is 11.2. The molecule has 2 aliphatic rings. The molecule has 0 radical (unpaired) electrons. The summed E-state index contributed by atoms with van der Waals surface area (Å²) in [5.41, 5.74) is 4.11. The molecule has 7 nitrogen and oxygen atoms in total. The van der Waals surface area contributed by atoms with Gasteiger partial charge < -0.3 is 14.5 Å². The largest absolute Gasteiger partial charge is 0.486 e. The van der Waals surface area contributed by atoms with E-state index in [0.29, 0.717) is 35.5 Å². The molecule has 1 amide bonds. The third-order valence-electron chi connectivity index (χ3n) is 5.73. The Kier molecular flexibility index (Phi) is 5.53. The van der Waals surface area contributed by atoms with Crippen molar-refractivity contribution in [2.75, 3.05) is 0 Å². The molecule has 1 saturated heterocycles. The predicted molar refractivity (Wildman–Crippen MR) is 124 cm³/mol. The minimum Gasteiger partial charge on any atom is -0.486 e. The van der Waals surface area contributed by atoms with Gasteiger partial charge in [0, 0.05) is 24.4 Å². The van der Waals surface area contributed by atoms with Crippen LogP contribution in [-0.4, -0.2) is 25.7 Å². The lowest BCUT2D eigenvalue weighted by molar-refractivity contribution is -0.122. The van der Waals surface area contributed by atoms with Crippen molar-refractivity contribution < 1.29 is 13.9 Å². The first-order valence-electron chi connectivity index (χ1n) is 10.8. The number of nitrogens with one attached hydrogen (secondary N) is 1. The summed E-state index contributed by atoms with van der Waals surface area (Å²) in [5.74, 6) is 1.92. The van der Waals surface area contributed by atoms with Gasteiger partial charge in [-0.15, -0.1) is 0 Å². The number of fused-ring (bicyclic) bond motifs is 1. The first-order chi connectivity index (χ1) is 15.6. The van der Waals surface area contributed by atoms with E-state index in [-0.39, 0.29) is 5.91 Å². The summed E-state index contributed by atoms with van der Waals surface area (Å²) in [5, 5.41) is 7.60. The van der Waals surface area contributed by atoms with Crippen molar-refractivity contribution in [1.82, 2.24) is 20.0 Å². The van der Waals surface area contributed by atoms with Crippen molar-refractivity contribution in [1.29, 1.82) is 0 Å². The van der Waals surface area contributed by atoms with E-state index < -0.39 is 0 Å². The molecule has 3 heterocycles. The number of aryl methyl sites for hydroxylation is 3. The number of carbonyl (C=O) groups is 1. The average molecular weight is 449 g/mol. The van der Waals surface area contributed by atoms with Crippen molar-refractivity contribution in [2.24, 2.45) is 0 Å². The normalized spacial score (nSPS) is 16.7. The third kappa shape index (κ3) is 4.18. The molecular weight excluding hydrogens is 424 g/mol. The molecule has 1 N–H and O–H groups in total. The van der Waals surface area contributed by atoms with Crippen molar-refractivity contribution in [3.8, 4) is 5.75 Å². The summed E-state index contributed by atoms with van der Waals surface area (Å²) in [7, 11) is 0. The maximum absolute atomic E-state index is 12.8. The van der Waals surface area contributed by atoms with Crippen molar-refractivity contribution in [2.45, 2.75) is 45.9 Å². The number of amides is 1. The number of nitrogens with zero attached hydrogens (tertiary/aromatic N) is 3. The van der Waals surface area contributed by atoms with Gasteiger partial charge in [0.2, 0.25) is 0 Å². The first kappa shape index (κ1) is 20.5. The number of aromatic nitrogens is 2. The number of hydrogen-bond acceptors (Lipinski definition) is 5. The lowest BCUT2D eigenvalue weighted by Gasteiger charge is -2.12. The van der Waals surface area contributed by atoms with Crippen LogP contribution in [0.15, 0.2) is 52.8 Å². The minimum absolute atomic E-state index is 0.188. The van der Waals surface area contributed by atoms with Crippen LogP contribution in [0, 0.1) is 0 Å². The predicted octanol–water partition coefficient (Wildman–Crippen LogP) is 3.82. The fourth-order valence-corrected chi connectivity index (χ4v) is 4.30. The molecule has 5 rings (SSSR count). The van der Waals surface area contributed by atoms with Crippen molar-refractivity contribution >= 4 is 29.3 Å². The molecular formula is C24H24N4O3S. The molecule has 8 heteroatoms. The Morgan fingerprint density at radius 3 is 2.97 bits per heavy atom. The molecule has 2 aromatic heterocycles. The van der Waals surface area contributed by atoms with Gasteiger partial charge in [-0.1, -0.05) is 6.07 Å². The Balaban J connectivity index is 1.22. The molecule has 0 spiro atoms. The molecule has 0 saturated carbocycles. The second-order valence-electron chi connectivity index (χ2n) is 7.96. The molecule has 1 aromatic carbocycles. The zero-order valence-electron chi connectivity index (χ0n) is 17.8. The molecule has 0 bridgehead atoms. The van der Waals surface area contributed by atoms with Gasteiger partial charge in [-0.25, -0.2) is 0 Å². The maximum Gasteiger partial charge on any atom is 0.276 e. The average Bonchev–Trinajstić information content (AvgIpc) is 3.58. The van der Waals surface area contributed by atoms with E-state index >= 15 is 0 Å². The minimum atomic E-state index is -0.188. The number of benzene rings is 1. The fourth-order valence-electron chi connectivity index (χ4n) is 4.04. The van der Waals surface area contributed by atoms with Gasteiger partial charge in [-0.3, -0.25) is 14.4 Å². The number of ether oxygens (including phenoxy) is 1. The quantitative estimate of drug-likeness (QED) is 0.438. The standard InChI is InChI=1S/C24H24N4O3S/c1-2-27-13-16(12-25-27)14-28-23(29)22(26-24(28)32)11-20-8-9-21(31-20)15-30-19-7-6-17-4-3-5-18(17)10-19/h6-13H,2-5,14-15H2,1H3,(H,26,32)/b22-11+. The summed E-state index contributed by atoms with van der Waals surface area (Å²) in [6, 6.07) is 9.95. The van der Waals surface area contributed by atoms with Crippen LogP contribution in [0.2, 0.25) is 0 Å². The zero-order valence-corrected chi connectivity index (χ0v) is 18.7. The van der Waals surface area contributed by atoms with Crippen LogP contribution in [0.5, 0.6) is 5.75 Å². The summed E-state index contributed by atoms with van der Waals surface area (Å²) >= 11 is 5.36. The Bertz CT molecular complexity index is 1210. The van der Waals surface area contributed by atoms with Gasteiger partial charge in [0.05, 0.1) is 12.7 Å². The smallest absolute Gasteiger partial charge is 0.276 e. The van der Waals surface area contributed by atoms with E-state index in [4.69, 9.17) is 21.4 Å². The van der Waals surface area contributed by atoms with Crippen molar-refractivity contribution in [3.63, 3.8) is 0 Å². The lowest BCUT2D eigenvalue weighted by atomic mass is 10.1. The summed E-state index contributed by atoms with van der Waals surface area (Å²) < 4.78 is 13.6. The van der Waals surface area contributed by atoms with Gasteiger partial charge in [0.1, 0.15) is 29.6 Å². The summed E-state index contributed by atoms with van der Waals surface area (Å²) in [6.07, 6.45) is 8.82. The molecule has 164 valence electrons. The van der Waals surface area contributed by atoms with Crippen LogP contribution in [0.25, 0.3) is 6.08 Å². The van der Waals surface area contributed by atoms with E-state index in [1.54, 1.807) is 12.3 Å². The molecule has 32 heavy (non-hydrogen) atoms. The number of rotatable bonds is 7. The fraction of sp³-hybridized carbons (Fsp3) is 0.292. The lowest BCUT2D eigenvalue weighted by Crippen LogP contribution is -2.29. The van der Waals surface area contributed by atoms with Crippen LogP contribution in [0.3, 0.4) is 0 Å². The Morgan fingerprint density at radius 1 is 1.25 bits per heavy atom. The maximum atomic E-state index is 12.8. The highest BCUT2D eigenvalue weighted by Gasteiger charge is 2.31. The third-order valence-corrected chi connectivity index (χ3v) is 6.06. The van der Waals surface area contributed by atoms with Crippen LogP contribution >= 0.6 is 12.2 Å².